The van der Waals surface area contributed by atoms with Gasteiger partial charge in [-0.25, -0.2) is 0 Å². The van der Waals surface area contributed by atoms with E-state index in [1.807, 2.05) is 13.0 Å². The number of fused-ring (bicyclic) bond motifs is 7. The number of ketones is 1. The second-order valence-electron chi connectivity index (χ2n) is 22.9. The Bertz CT molecular complexity index is 1830. The summed E-state index contributed by atoms with van der Waals surface area (Å²) in [5.74, 6) is -1.12. The van der Waals surface area contributed by atoms with Crippen molar-refractivity contribution < 1.29 is 89.1 Å². The molecule has 7 fully saturated rings. The van der Waals surface area contributed by atoms with Gasteiger partial charge in [0.05, 0.1) is 31.3 Å². The highest BCUT2D eigenvalue weighted by atomic mass is 16.8. The van der Waals surface area contributed by atoms with Crippen molar-refractivity contribution in [2.75, 3.05) is 19.8 Å². The van der Waals surface area contributed by atoms with E-state index in [4.69, 9.17) is 28.4 Å². The second kappa shape index (κ2) is 17.3. The summed E-state index contributed by atoms with van der Waals surface area (Å²) in [5, 5.41) is 106. The fourth-order valence-electron chi connectivity index (χ4n) is 14.6. The first-order valence-corrected chi connectivity index (χ1v) is 23.7. The quantitative estimate of drug-likeness (QED) is 0.141. The largest absolute Gasteiger partial charge is 0.481 e. The molecule has 0 aromatic heterocycles. The molecular weight excluding hydrogens is 852 g/mol. The summed E-state index contributed by atoms with van der Waals surface area (Å²) in [6.07, 6.45) is -15.3. The van der Waals surface area contributed by atoms with Crippen molar-refractivity contribution in [1.82, 2.24) is 0 Å². The monoisotopic (exact) mass is 926 g/mol. The summed E-state index contributed by atoms with van der Waals surface area (Å²) in [6, 6.07) is 0. The third-order valence-electron chi connectivity index (χ3n) is 19.0. The first-order chi connectivity index (χ1) is 30.3. The van der Waals surface area contributed by atoms with Gasteiger partial charge in [0.1, 0.15) is 67.1 Å². The van der Waals surface area contributed by atoms with Crippen LogP contribution < -0.4 is 0 Å². The molecule has 370 valence electrons. The predicted octanol–water partition coefficient (Wildman–Crippen LogP) is 0.524. The van der Waals surface area contributed by atoms with Crippen LogP contribution in [0.1, 0.15) is 106 Å². The van der Waals surface area contributed by atoms with Crippen LogP contribution in [0, 0.1) is 50.2 Å². The van der Waals surface area contributed by atoms with Gasteiger partial charge in [-0.3, -0.25) is 9.59 Å². The number of aliphatic hydroxyl groups is 9. The van der Waals surface area contributed by atoms with Gasteiger partial charge in [-0.1, -0.05) is 47.1 Å². The lowest BCUT2D eigenvalue weighted by atomic mass is 9.33. The van der Waals surface area contributed by atoms with Crippen LogP contribution in [-0.2, 0) is 38.0 Å². The highest BCUT2D eigenvalue weighted by Crippen LogP contribution is 2.75. The van der Waals surface area contributed by atoms with Gasteiger partial charge >= 0.3 is 5.97 Å². The van der Waals surface area contributed by atoms with Gasteiger partial charge in [0.15, 0.2) is 24.7 Å². The maximum Gasteiger partial charge on any atom is 0.309 e. The first-order valence-electron chi connectivity index (χ1n) is 23.7. The van der Waals surface area contributed by atoms with Crippen molar-refractivity contribution in [3.63, 3.8) is 0 Å². The van der Waals surface area contributed by atoms with Crippen LogP contribution >= 0.6 is 0 Å². The van der Waals surface area contributed by atoms with Crippen LogP contribution in [0.5, 0.6) is 0 Å². The lowest BCUT2D eigenvalue weighted by Crippen LogP contribution is -2.68. The SMILES string of the molecule is CC1(C)C2CC[C@]3(C)C(C(=O)C=C4C5C[C@@](C)(C(=O)O)CC[C@]5(C)CC[C@]43C)[C@@]2(C)CC[C@@H]1O[C@@H]1OC(CO)[C@@H](O)C(O[C@@H]2OC[C@@H](O)C(O)C2O)C1O[C@@H]1OC(CO)[C@H](O)[C@H](O)C1O. The van der Waals surface area contributed by atoms with E-state index in [9.17, 15) is 55.9 Å². The minimum atomic E-state index is -1.89. The van der Waals surface area contributed by atoms with E-state index < -0.39 is 140 Å². The van der Waals surface area contributed by atoms with Crippen molar-refractivity contribution in [1.29, 1.82) is 0 Å². The normalized spacial score (nSPS) is 54.3. The van der Waals surface area contributed by atoms with Gasteiger partial charge in [0.2, 0.25) is 0 Å². The summed E-state index contributed by atoms with van der Waals surface area (Å²) in [7, 11) is 0. The van der Waals surface area contributed by atoms with Crippen molar-refractivity contribution in [3.05, 3.63) is 11.6 Å². The number of aliphatic hydroxyl groups excluding tert-OH is 9. The van der Waals surface area contributed by atoms with Crippen LogP contribution in [0.15, 0.2) is 11.6 Å². The Balaban J connectivity index is 1.10. The highest BCUT2D eigenvalue weighted by Gasteiger charge is 2.71. The number of carboxylic acids is 1. The maximum absolute atomic E-state index is 15.0. The molecule has 18 nitrogen and oxygen atoms in total. The number of aliphatic carboxylic acids is 1. The lowest BCUT2D eigenvalue weighted by molar-refractivity contribution is -0.396. The molecule has 0 aromatic rings. The minimum absolute atomic E-state index is 0.0174. The molecule has 3 saturated heterocycles. The van der Waals surface area contributed by atoms with E-state index in [2.05, 4.69) is 41.5 Å². The zero-order chi connectivity index (χ0) is 47.6. The van der Waals surface area contributed by atoms with E-state index in [0.717, 1.165) is 37.7 Å². The molecule has 10 N–H and O–H groups in total. The number of hydrogen-bond acceptors (Lipinski definition) is 17. The minimum Gasteiger partial charge on any atom is -0.481 e. The molecule has 0 spiro atoms. The van der Waals surface area contributed by atoms with Gasteiger partial charge in [-0.2, -0.15) is 0 Å². The van der Waals surface area contributed by atoms with E-state index >= 15 is 4.79 Å². The molecule has 3 aliphatic heterocycles. The Hall–Kier alpha value is -1.72. The first kappa shape index (κ1) is 49.7. The fourth-order valence-corrected chi connectivity index (χ4v) is 14.6. The van der Waals surface area contributed by atoms with Crippen molar-refractivity contribution >= 4 is 11.8 Å². The number of hydrogen-bond donors (Lipinski definition) is 10. The third kappa shape index (κ3) is 7.71. The van der Waals surface area contributed by atoms with Crippen molar-refractivity contribution in [3.8, 4) is 0 Å². The van der Waals surface area contributed by atoms with E-state index in [-0.39, 0.29) is 34.4 Å². The molecule has 8 aliphatic rings. The van der Waals surface area contributed by atoms with Gasteiger partial charge in [0, 0.05) is 5.92 Å². The Morgan fingerprint density at radius 2 is 1.31 bits per heavy atom. The summed E-state index contributed by atoms with van der Waals surface area (Å²) in [4.78, 5) is 27.6. The van der Waals surface area contributed by atoms with Gasteiger partial charge in [-0.05, 0) is 110 Å². The zero-order valence-corrected chi connectivity index (χ0v) is 38.7. The number of ether oxygens (including phenoxy) is 6. The molecular formula is C47H74O18. The Kier molecular flexibility index (Phi) is 13.2. The van der Waals surface area contributed by atoms with E-state index in [1.165, 1.54) is 0 Å². The Morgan fingerprint density at radius 1 is 0.692 bits per heavy atom. The van der Waals surface area contributed by atoms with Crippen molar-refractivity contribution in [2.45, 2.75) is 198 Å². The van der Waals surface area contributed by atoms with Gasteiger partial charge in [0.25, 0.3) is 0 Å². The summed E-state index contributed by atoms with van der Waals surface area (Å²) >= 11 is 0. The summed E-state index contributed by atoms with van der Waals surface area (Å²) < 4.78 is 36.8. The molecule has 5 aliphatic carbocycles. The number of carbonyl (C=O) groups is 2. The third-order valence-corrected chi connectivity index (χ3v) is 19.0. The smallest absolute Gasteiger partial charge is 0.309 e. The lowest BCUT2D eigenvalue weighted by Gasteiger charge is -2.70. The number of carbonyl (C=O) groups excluding carboxylic acids is 1. The predicted molar refractivity (Wildman–Crippen MR) is 225 cm³/mol. The zero-order valence-electron chi connectivity index (χ0n) is 38.7. The van der Waals surface area contributed by atoms with Crippen LogP contribution in [0.3, 0.4) is 0 Å². The Morgan fingerprint density at radius 3 is 1.97 bits per heavy atom. The van der Waals surface area contributed by atoms with Gasteiger partial charge < -0.3 is 79.5 Å². The maximum atomic E-state index is 15.0. The average molecular weight is 927 g/mol. The molecule has 65 heavy (non-hydrogen) atoms. The average Bonchev–Trinajstić information content (AvgIpc) is 3.25. The molecule has 18 heteroatoms. The van der Waals surface area contributed by atoms with Crippen LogP contribution in [0.25, 0.3) is 0 Å². The molecule has 4 saturated carbocycles. The number of carboxylic acid groups (broad SMARTS) is 1. The fraction of sp³-hybridized carbons (Fsp3) is 0.915. The summed E-state index contributed by atoms with van der Waals surface area (Å²) in [5.41, 5.74) is -1.72. The molecule has 23 atom stereocenters. The van der Waals surface area contributed by atoms with Crippen LogP contribution in [0.2, 0.25) is 0 Å². The van der Waals surface area contributed by atoms with Gasteiger partial charge in [-0.15, -0.1) is 0 Å². The van der Waals surface area contributed by atoms with Crippen molar-refractivity contribution in [2.24, 2.45) is 50.2 Å². The topological polar surface area (TPSA) is 292 Å². The van der Waals surface area contributed by atoms with E-state index in [0.29, 0.717) is 25.7 Å². The molecule has 3 heterocycles. The molecule has 10 unspecified atom stereocenters. The second-order valence-corrected chi connectivity index (χ2v) is 22.9. The standard InChI is InChI=1S/C47H74O18/c1-42(2)27-8-11-47(7)37(23(50)16-21-22-17-44(4,41(58)59)13-12-43(22,3)14-15-46(21,47)6)45(27,5)10-9-28(42)63-40-36(65-39-34(57)32(55)30(53)25(18-48)61-39)35(31(54)26(19-49)62-40)64-38-33(56)29(52)24(51)20-60-38/h16,22,24-40,48-49,51-57H,8-15,17-20H2,1-7H3,(H,58,59)/t22?,24-,25?,26?,27?,28+,29?,30+,31-,32+,33?,34?,35?,36?,37?,38+,39+,40+,43-,44+,45+,46-,47-/m1/s1. The molecule has 0 radical (unpaired) electrons. The summed E-state index contributed by atoms with van der Waals surface area (Å²) in [6.45, 7) is 13.2. The number of allylic oxidation sites excluding steroid dienone is 2. The molecule has 8 rings (SSSR count). The number of rotatable bonds is 9. The molecule has 0 amide bonds. The highest BCUT2D eigenvalue weighted by molar-refractivity contribution is 5.95. The van der Waals surface area contributed by atoms with E-state index in [1.54, 1.807) is 0 Å². The molecule has 0 aromatic carbocycles. The molecule has 0 bridgehead atoms. The van der Waals surface area contributed by atoms with Crippen LogP contribution in [0.4, 0.5) is 0 Å². The Labute approximate surface area is 380 Å². The van der Waals surface area contributed by atoms with Crippen LogP contribution in [-0.4, -0.2) is 175 Å².